The van der Waals surface area contributed by atoms with Gasteiger partial charge in [0, 0.05) is 38.0 Å². The number of primary amides is 1. The molecule has 1 fully saturated rings. The number of carbonyl (C=O) groups excluding carboxylic acids is 5. The maximum atomic E-state index is 13.3. The van der Waals surface area contributed by atoms with Crippen molar-refractivity contribution in [2.45, 2.75) is 77.5 Å². The number of aliphatic hydroxyl groups excluding tert-OH is 1. The smallest absolute Gasteiger partial charge is 0.407 e. The summed E-state index contributed by atoms with van der Waals surface area (Å²) in [6.45, 7) is 4.51. The van der Waals surface area contributed by atoms with E-state index in [2.05, 4.69) is 38.4 Å². The number of ether oxygens (including phenoxy) is 2. The molecule has 0 aliphatic heterocycles. The average molecular weight is 671 g/mol. The van der Waals surface area contributed by atoms with Gasteiger partial charge in [0.2, 0.25) is 17.7 Å². The Morgan fingerprint density at radius 2 is 1.62 bits per heavy atom. The number of anilines is 1. The molecule has 3 rings (SSSR count). The second kappa shape index (κ2) is 20.1. The van der Waals surface area contributed by atoms with Gasteiger partial charge in [-0.15, -0.1) is 11.8 Å². The molecular formula is C34H50N6O8. The summed E-state index contributed by atoms with van der Waals surface area (Å²) in [6, 6.07) is 4.01. The number of rotatable bonds is 19. The van der Waals surface area contributed by atoms with Gasteiger partial charge in [-0.1, -0.05) is 26.0 Å². The summed E-state index contributed by atoms with van der Waals surface area (Å²) in [7, 11) is 0. The molecule has 0 heterocycles. The van der Waals surface area contributed by atoms with Crippen LogP contribution in [0.2, 0.25) is 0 Å². The predicted octanol–water partition coefficient (Wildman–Crippen LogP) is 1.76. The fourth-order valence-electron chi connectivity index (χ4n) is 5.75. The van der Waals surface area contributed by atoms with Crippen molar-refractivity contribution in [3.8, 4) is 11.8 Å². The molecule has 1 aromatic carbocycles. The molecule has 48 heavy (non-hydrogen) atoms. The SMILES string of the molecule is CC(C)[C@H](NC(=O)CCOCCNC(=O)OCC1[C@H]2CCC#CCC[C@@H]12)C(=O)N[C@@H](CCCNC(N)=O)C(=O)Nc1ccc(CO)cc1. The number of nitrogens with one attached hydrogen (secondary N) is 5. The van der Waals surface area contributed by atoms with E-state index in [1.165, 1.54) is 0 Å². The Balaban J connectivity index is 1.37. The Morgan fingerprint density at radius 1 is 0.938 bits per heavy atom. The van der Waals surface area contributed by atoms with Gasteiger partial charge in [0.25, 0.3) is 0 Å². The first-order chi connectivity index (χ1) is 23.1. The Hall–Kier alpha value is -4.35. The van der Waals surface area contributed by atoms with Crippen molar-refractivity contribution in [3.05, 3.63) is 29.8 Å². The topological polar surface area (TPSA) is 210 Å². The van der Waals surface area contributed by atoms with E-state index in [-0.39, 0.29) is 51.7 Å². The Labute approximate surface area is 282 Å². The first-order valence-corrected chi connectivity index (χ1v) is 16.7. The van der Waals surface area contributed by atoms with Crippen molar-refractivity contribution in [1.29, 1.82) is 0 Å². The molecule has 0 spiro atoms. The molecule has 0 radical (unpaired) electrons. The molecule has 2 aliphatic rings. The van der Waals surface area contributed by atoms with Crippen LogP contribution >= 0.6 is 0 Å². The van der Waals surface area contributed by atoms with Crippen molar-refractivity contribution in [1.82, 2.24) is 21.3 Å². The van der Waals surface area contributed by atoms with Crippen LogP contribution in [0.15, 0.2) is 24.3 Å². The average Bonchev–Trinajstić information content (AvgIpc) is 3.70. The van der Waals surface area contributed by atoms with Gasteiger partial charge in [-0.25, -0.2) is 9.59 Å². The number of fused-ring (bicyclic) bond motifs is 1. The van der Waals surface area contributed by atoms with Crippen LogP contribution in [0.4, 0.5) is 15.3 Å². The molecule has 1 unspecified atom stereocenters. The predicted molar refractivity (Wildman–Crippen MR) is 178 cm³/mol. The molecule has 14 nitrogen and oxygen atoms in total. The van der Waals surface area contributed by atoms with E-state index in [0.29, 0.717) is 42.0 Å². The third-order valence-corrected chi connectivity index (χ3v) is 8.51. The number of benzene rings is 1. The number of urea groups is 1. The lowest BCUT2D eigenvalue weighted by atomic mass is 10.0. The number of nitrogens with two attached hydrogens (primary N) is 1. The Kier molecular flexibility index (Phi) is 16.0. The number of hydrogen-bond donors (Lipinski definition) is 7. The highest BCUT2D eigenvalue weighted by Crippen LogP contribution is 2.52. The summed E-state index contributed by atoms with van der Waals surface area (Å²) in [5, 5.41) is 22.6. The zero-order valence-electron chi connectivity index (χ0n) is 27.8. The van der Waals surface area contributed by atoms with Gasteiger partial charge in [-0.05, 0) is 67.1 Å². The van der Waals surface area contributed by atoms with Crippen LogP contribution in [0.3, 0.4) is 0 Å². The number of amides is 6. The van der Waals surface area contributed by atoms with E-state index in [0.717, 1.165) is 25.7 Å². The van der Waals surface area contributed by atoms with Gasteiger partial charge in [0.05, 0.1) is 26.4 Å². The Morgan fingerprint density at radius 3 is 2.25 bits per heavy atom. The molecule has 6 amide bonds. The van der Waals surface area contributed by atoms with Crippen LogP contribution in [0.5, 0.6) is 0 Å². The number of aliphatic hydroxyl groups is 1. The standard InChI is InChI=1S/C34H50N6O8/c1-22(2)30(32(44)39-28(10-7-16-36-33(35)45)31(43)38-24-13-11-23(20-41)12-14-24)40-29(42)15-18-47-19-17-37-34(46)48-21-27-25-8-5-3-4-6-9-26(25)27/h11-14,22,25-28,30,41H,5-10,15-21H2,1-2H3,(H,37,46)(H,38,43)(H,39,44)(H,40,42)(H3,35,36,45)/t25-,26+,27?,28-,30-/m0/s1. The summed E-state index contributed by atoms with van der Waals surface area (Å²) < 4.78 is 10.9. The monoisotopic (exact) mass is 670 g/mol. The van der Waals surface area contributed by atoms with Crippen LogP contribution in [0, 0.1) is 35.5 Å². The zero-order chi connectivity index (χ0) is 34.9. The van der Waals surface area contributed by atoms with E-state index in [1.807, 2.05) is 0 Å². The fourth-order valence-corrected chi connectivity index (χ4v) is 5.75. The fraction of sp³-hybridized carbons (Fsp3) is 0.618. The summed E-state index contributed by atoms with van der Waals surface area (Å²) >= 11 is 0. The highest BCUT2D eigenvalue weighted by molar-refractivity contribution is 5.98. The van der Waals surface area contributed by atoms with E-state index in [9.17, 15) is 29.1 Å². The normalized spacial score (nSPS) is 19.1. The summed E-state index contributed by atoms with van der Waals surface area (Å²) in [5.41, 5.74) is 6.28. The number of carbonyl (C=O) groups is 5. The molecule has 8 N–H and O–H groups in total. The second-order valence-corrected chi connectivity index (χ2v) is 12.4. The molecule has 0 aromatic heterocycles. The minimum atomic E-state index is -0.970. The van der Waals surface area contributed by atoms with E-state index < -0.39 is 41.9 Å². The molecular weight excluding hydrogens is 620 g/mol. The van der Waals surface area contributed by atoms with Gasteiger partial charge < -0.3 is 46.9 Å². The van der Waals surface area contributed by atoms with Crippen LogP contribution in [-0.2, 0) is 30.5 Å². The third-order valence-electron chi connectivity index (χ3n) is 8.51. The minimum Gasteiger partial charge on any atom is -0.449 e. The first kappa shape index (κ1) is 38.1. The molecule has 2 aliphatic carbocycles. The van der Waals surface area contributed by atoms with E-state index >= 15 is 0 Å². The molecule has 264 valence electrons. The van der Waals surface area contributed by atoms with Crippen LogP contribution in [0.25, 0.3) is 0 Å². The van der Waals surface area contributed by atoms with Gasteiger partial charge in [-0.2, -0.15) is 0 Å². The second-order valence-electron chi connectivity index (χ2n) is 12.4. The van der Waals surface area contributed by atoms with Crippen molar-refractivity contribution in [3.63, 3.8) is 0 Å². The highest BCUT2D eigenvalue weighted by atomic mass is 16.5. The van der Waals surface area contributed by atoms with Gasteiger partial charge >= 0.3 is 12.1 Å². The lowest BCUT2D eigenvalue weighted by Gasteiger charge is -2.25. The summed E-state index contributed by atoms with van der Waals surface area (Å²) in [4.78, 5) is 62.2. The first-order valence-electron chi connectivity index (χ1n) is 16.7. The maximum Gasteiger partial charge on any atom is 0.407 e. The highest BCUT2D eigenvalue weighted by Gasteiger charge is 2.49. The van der Waals surface area contributed by atoms with Gasteiger partial charge in [0.1, 0.15) is 12.1 Å². The van der Waals surface area contributed by atoms with Crippen molar-refractivity contribution in [2.75, 3.05) is 38.2 Å². The number of alkyl carbamates (subject to hydrolysis) is 1. The molecule has 14 heteroatoms. The van der Waals surface area contributed by atoms with E-state index in [1.54, 1.807) is 38.1 Å². The molecule has 0 bridgehead atoms. The van der Waals surface area contributed by atoms with Crippen molar-refractivity contribution in [2.24, 2.45) is 29.4 Å². The van der Waals surface area contributed by atoms with Crippen LogP contribution in [-0.4, -0.2) is 79.9 Å². The lowest BCUT2D eigenvalue weighted by Crippen LogP contribution is -2.54. The lowest BCUT2D eigenvalue weighted by molar-refractivity contribution is -0.132. The maximum absolute atomic E-state index is 13.3. The largest absolute Gasteiger partial charge is 0.449 e. The van der Waals surface area contributed by atoms with Crippen LogP contribution < -0.4 is 32.3 Å². The zero-order valence-corrected chi connectivity index (χ0v) is 27.8. The van der Waals surface area contributed by atoms with E-state index in [4.69, 9.17) is 15.2 Å². The molecule has 0 saturated heterocycles. The minimum absolute atomic E-state index is 0.0122. The van der Waals surface area contributed by atoms with Crippen molar-refractivity contribution >= 4 is 35.5 Å². The molecule has 5 atom stereocenters. The molecule has 1 saturated carbocycles. The van der Waals surface area contributed by atoms with Crippen LogP contribution in [0.1, 0.15) is 64.4 Å². The van der Waals surface area contributed by atoms with Gasteiger partial charge in [0.15, 0.2) is 0 Å². The third kappa shape index (κ3) is 13.4. The van der Waals surface area contributed by atoms with Gasteiger partial charge in [-0.3, -0.25) is 14.4 Å². The molecule has 1 aromatic rings. The number of hydrogen-bond acceptors (Lipinski definition) is 8. The summed E-state index contributed by atoms with van der Waals surface area (Å²) in [5.74, 6) is 6.24. The quantitative estimate of drug-likeness (QED) is 0.0850. The van der Waals surface area contributed by atoms with Crippen molar-refractivity contribution < 1.29 is 38.6 Å². The summed E-state index contributed by atoms with van der Waals surface area (Å²) in [6.07, 6.45) is 3.99. The Bertz CT molecular complexity index is 1280.